The molecule has 3 N–H and O–H groups in total. The van der Waals surface area contributed by atoms with Crippen LogP contribution in [0.1, 0.15) is 23.8 Å². The highest BCUT2D eigenvalue weighted by Crippen LogP contribution is 2.33. The van der Waals surface area contributed by atoms with Gasteiger partial charge in [-0.3, -0.25) is 14.9 Å². The van der Waals surface area contributed by atoms with Gasteiger partial charge in [0.25, 0.3) is 5.69 Å². The number of nitrogens with two attached hydrogens (primary N) is 1. The van der Waals surface area contributed by atoms with Crippen molar-refractivity contribution in [3.8, 4) is 0 Å². The Hall–Kier alpha value is -2.32. The van der Waals surface area contributed by atoms with Crippen LogP contribution in [0.25, 0.3) is 0 Å². The molecule has 7 nitrogen and oxygen atoms in total. The van der Waals surface area contributed by atoms with Crippen molar-refractivity contribution in [2.75, 3.05) is 0 Å². The molecule has 0 saturated carbocycles. The fraction of sp³-hybridized carbons (Fsp3) is 0.214. The number of hydrogen-bond acceptors (Lipinski definition) is 6. The van der Waals surface area contributed by atoms with E-state index in [1.165, 1.54) is 17.8 Å². The Morgan fingerprint density at radius 2 is 2.23 bits per heavy atom. The second-order valence-corrected chi connectivity index (χ2v) is 5.57. The van der Waals surface area contributed by atoms with Crippen LogP contribution in [0.3, 0.4) is 0 Å². The lowest BCUT2D eigenvalue weighted by Gasteiger charge is -2.10. The minimum absolute atomic E-state index is 0.0881. The summed E-state index contributed by atoms with van der Waals surface area (Å²) in [6, 6.07) is 7.29. The van der Waals surface area contributed by atoms with E-state index in [0.29, 0.717) is 22.0 Å². The largest absolute Gasteiger partial charge is 0.481 e. The summed E-state index contributed by atoms with van der Waals surface area (Å²) in [6.07, 6.45) is 1.26. The predicted octanol–water partition coefficient (Wildman–Crippen LogP) is 2.95. The number of carbonyl (C=O) groups is 1. The highest BCUT2D eigenvalue weighted by molar-refractivity contribution is 7.98. The molecule has 0 aliphatic rings. The molecule has 1 heterocycles. The molecule has 0 aliphatic carbocycles. The lowest BCUT2D eigenvalue weighted by Crippen LogP contribution is -2.15. The zero-order chi connectivity index (χ0) is 16.1. The summed E-state index contributed by atoms with van der Waals surface area (Å²) in [4.78, 5) is 21.8. The highest BCUT2D eigenvalue weighted by atomic mass is 32.2. The maximum Gasteiger partial charge on any atom is 0.305 e. The Balaban J connectivity index is 2.19. The van der Waals surface area contributed by atoms with Crippen LogP contribution in [-0.2, 0) is 10.5 Å². The summed E-state index contributed by atoms with van der Waals surface area (Å²) in [7, 11) is 0. The smallest absolute Gasteiger partial charge is 0.305 e. The van der Waals surface area contributed by atoms with E-state index in [1.54, 1.807) is 30.5 Å². The SMILES string of the molecule is NC(CC(=O)O)c1ccc(SCc2ccco2)c([N+](=O)[O-])c1. The molecule has 0 bridgehead atoms. The van der Waals surface area contributed by atoms with Gasteiger partial charge in [-0.15, -0.1) is 11.8 Å². The van der Waals surface area contributed by atoms with Gasteiger partial charge in [0.2, 0.25) is 0 Å². The number of benzene rings is 1. The molecule has 8 heteroatoms. The topological polar surface area (TPSA) is 120 Å². The molecule has 0 amide bonds. The third kappa shape index (κ3) is 4.09. The minimum Gasteiger partial charge on any atom is -0.481 e. The van der Waals surface area contributed by atoms with Gasteiger partial charge < -0.3 is 15.3 Å². The van der Waals surface area contributed by atoms with E-state index in [-0.39, 0.29) is 12.1 Å². The van der Waals surface area contributed by atoms with Crippen molar-refractivity contribution in [1.29, 1.82) is 0 Å². The van der Waals surface area contributed by atoms with Crippen LogP contribution in [0.5, 0.6) is 0 Å². The molecular formula is C14H14N2O5S. The van der Waals surface area contributed by atoms with Crippen LogP contribution in [0.15, 0.2) is 45.9 Å². The normalized spacial score (nSPS) is 12.0. The molecule has 0 radical (unpaired) electrons. The van der Waals surface area contributed by atoms with Gasteiger partial charge >= 0.3 is 5.97 Å². The monoisotopic (exact) mass is 322 g/mol. The first-order valence-corrected chi connectivity index (χ1v) is 7.37. The summed E-state index contributed by atoms with van der Waals surface area (Å²) in [5, 5.41) is 19.9. The van der Waals surface area contributed by atoms with Gasteiger partial charge in [-0.05, 0) is 23.8 Å². The maximum absolute atomic E-state index is 11.2. The van der Waals surface area contributed by atoms with Crippen molar-refractivity contribution in [2.24, 2.45) is 5.73 Å². The number of aliphatic carboxylic acids is 1. The number of hydrogen-bond donors (Lipinski definition) is 2. The molecule has 2 rings (SSSR count). The van der Waals surface area contributed by atoms with Crippen molar-refractivity contribution >= 4 is 23.4 Å². The number of carboxylic acid groups (broad SMARTS) is 1. The standard InChI is InChI=1S/C14H14N2O5S/c15-11(7-14(17)18)9-3-4-13(12(6-9)16(19)20)22-8-10-2-1-5-21-10/h1-6,11H,7-8,15H2,(H,17,18). The molecule has 1 unspecified atom stereocenters. The average molecular weight is 322 g/mol. The second kappa shape index (κ2) is 7.10. The number of furan rings is 1. The zero-order valence-electron chi connectivity index (χ0n) is 11.5. The first-order valence-electron chi connectivity index (χ1n) is 6.38. The fourth-order valence-electron chi connectivity index (χ4n) is 1.88. The van der Waals surface area contributed by atoms with Crippen LogP contribution in [-0.4, -0.2) is 16.0 Å². The lowest BCUT2D eigenvalue weighted by molar-refractivity contribution is -0.387. The number of nitro benzene ring substituents is 1. The van der Waals surface area contributed by atoms with Gasteiger partial charge in [0, 0.05) is 12.1 Å². The van der Waals surface area contributed by atoms with Gasteiger partial charge in [-0.25, -0.2) is 0 Å². The minimum atomic E-state index is -1.05. The highest BCUT2D eigenvalue weighted by Gasteiger charge is 2.19. The maximum atomic E-state index is 11.2. The third-order valence-electron chi connectivity index (χ3n) is 2.95. The first-order chi connectivity index (χ1) is 10.5. The van der Waals surface area contributed by atoms with Crippen LogP contribution in [0, 0.1) is 10.1 Å². The quantitative estimate of drug-likeness (QED) is 0.457. The van der Waals surface area contributed by atoms with Gasteiger partial charge in [-0.2, -0.15) is 0 Å². The van der Waals surface area contributed by atoms with Gasteiger partial charge in [-0.1, -0.05) is 6.07 Å². The Bertz CT molecular complexity index is 672. The van der Waals surface area contributed by atoms with Gasteiger partial charge in [0.15, 0.2) is 0 Å². The van der Waals surface area contributed by atoms with Crippen molar-refractivity contribution in [3.05, 3.63) is 58.0 Å². The van der Waals surface area contributed by atoms with Crippen molar-refractivity contribution in [3.63, 3.8) is 0 Å². The molecule has 1 aromatic carbocycles. The molecule has 0 aliphatic heterocycles. The predicted molar refractivity (Wildman–Crippen MR) is 80.5 cm³/mol. The molecular weight excluding hydrogens is 308 g/mol. The van der Waals surface area contributed by atoms with Crippen LogP contribution in [0.4, 0.5) is 5.69 Å². The third-order valence-corrected chi connectivity index (χ3v) is 4.04. The van der Waals surface area contributed by atoms with E-state index in [9.17, 15) is 14.9 Å². The summed E-state index contributed by atoms with van der Waals surface area (Å²) in [5.41, 5.74) is 6.08. The molecule has 0 fully saturated rings. The van der Waals surface area contributed by atoms with Crippen LogP contribution >= 0.6 is 11.8 Å². The Kier molecular flexibility index (Phi) is 5.18. The number of carboxylic acids is 1. The summed E-state index contributed by atoms with van der Waals surface area (Å²) in [6.45, 7) is 0. The fourth-order valence-corrected chi connectivity index (χ4v) is 2.79. The van der Waals surface area contributed by atoms with E-state index < -0.39 is 16.9 Å². The van der Waals surface area contributed by atoms with Crippen molar-refractivity contribution < 1.29 is 19.2 Å². The number of rotatable bonds is 7. The molecule has 1 aromatic heterocycles. The molecule has 0 saturated heterocycles. The lowest BCUT2D eigenvalue weighted by atomic mass is 10.0. The molecule has 2 aromatic rings. The molecule has 0 spiro atoms. The van der Waals surface area contributed by atoms with Crippen molar-refractivity contribution in [2.45, 2.75) is 23.1 Å². The van der Waals surface area contributed by atoms with Crippen LogP contribution < -0.4 is 5.73 Å². The summed E-state index contributed by atoms with van der Waals surface area (Å²) >= 11 is 1.27. The number of nitrogens with zero attached hydrogens (tertiary/aromatic N) is 1. The van der Waals surface area contributed by atoms with Crippen molar-refractivity contribution in [1.82, 2.24) is 0 Å². The van der Waals surface area contributed by atoms with E-state index >= 15 is 0 Å². The molecule has 1 atom stereocenters. The number of thioether (sulfide) groups is 1. The Labute approximate surface area is 130 Å². The van der Waals surface area contributed by atoms with E-state index in [0.717, 1.165) is 0 Å². The number of nitro groups is 1. The summed E-state index contributed by atoms with van der Waals surface area (Å²) in [5.74, 6) is 0.131. The average Bonchev–Trinajstić information content (AvgIpc) is 2.97. The van der Waals surface area contributed by atoms with E-state index in [4.69, 9.17) is 15.3 Å². The Morgan fingerprint density at radius 3 is 2.82 bits per heavy atom. The molecule has 116 valence electrons. The van der Waals surface area contributed by atoms with Crippen LogP contribution in [0.2, 0.25) is 0 Å². The first kappa shape index (κ1) is 16.1. The van der Waals surface area contributed by atoms with E-state index in [2.05, 4.69) is 0 Å². The second-order valence-electron chi connectivity index (χ2n) is 4.56. The Morgan fingerprint density at radius 1 is 1.45 bits per heavy atom. The van der Waals surface area contributed by atoms with Gasteiger partial charge in [0.1, 0.15) is 5.76 Å². The summed E-state index contributed by atoms with van der Waals surface area (Å²) < 4.78 is 5.19. The van der Waals surface area contributed by atoms with Gasteiger partial charge in [0.05, 0.1) is 28.3 Å². The zero-order valence-corrected chi connectivity index (χ0v) is 12.3. The molecule has 22 heavy (non-hydrogen) atoms. The van der Waals surface area contributed by atoms with E-state index in [1.807, 2.05) is 0 Å².